The summed E-state index contributed by atoms with van der Waals surface area (Å²) in [6, 6.07) is 3.64. The first-order valence-corrected chi connectivity index (χ1v) is 9.75. The van der Waals surface area contributed by atoms with Crippen LogP contribution in [0.1, 0.15) is 26.7 Å². The average Bonchev–Trinajstić information content (AvgIpc) is 2.69. The summed E-state index contributed by atoms with van der Waals surface area (Å²) in [5, 5.41) is 5.90. The number of carbonyl (C=O) groups excluding carboxylic acids is 1. The number of anilines is 1. The topological polar surface area (TPSA) is 92.2 Å². The molecule has 8 heteroatoms. The first-order chi connectivity index (χ1) is 13.5. The van der Waals surface area contributed by atoms with Crippen LogP contribution in [0.15, 0.2) is 35.8 Å². The van der Waals surface area contributed by atoms with Gasteiger partial charge in [-0.3, -0.25) is 9.36 Å². The Morgan fingerprint density at radius 1 is 1.39 bits per heavy atom. The molecule has 0 atom stereocenters. The maximum absolute atomic E-state index is 13.0. The Morgan fingerprint density at radius 3 is 2.82 bits per heavy atom. The number of nitrogens with one attached hydrogen (secondary N) is 2. The van der Waals surface area contributed by atoms with Crippen molar-refractivity contribution in [1.82, 2.24) is 25.2 Å². The Balaban J connectivity index is 1.71. The van der Waals surface area contributed by atoms with Gasteiger partial charge in [0, 0.05) is 38.4 Å². The third-order valence-corrected chi connectivity index (χ3v) is 4.80. The van der Waals surface area contributed by atoms with E-state index in [0.717, 1.165) is 12.8 Å². The fraction of sp³-hybridized carbons (Fsp3) is 0.500. The van der Waals surface area contributed by atoms with Crippen molar-refractivity contribution in [2.24, 2.45) is 5.92 Å². The quantitative estimate of drug-likeness (QED) is 0.742. The second-order valence-corrected chi connectivity index (χ2v) is 7.50. The van der Waals surface area contributed by atoms with Gasteiger partial charge in [-0.2, -0.15) is 0 Å². The molecule has 1 aliphatic heterocycles. The Morgan fingerprint density at radius 2 is 2.14 bits per heavy atom. The minimum atomic E-state index is -0.160. The van der Waals surface area contributed by atoms with Crippen LogP contribution in [0.3, 0.4) is 0 Å². The summed E-state index contributed by atoms with van der Waals surface area (Å²) < 4.78 is 1.61. The predicted molar refractivity (Wildman–Crippen MR) is 111 cm³/mol. The highest BCUT2D eigenvalue weighted by Crippen LogP contribution is 2.18. The van der Waals surface area contributed by atoms with Crippen LogP contribution in [-0.4, -0.2) is 46.2 Å². The molecule has 0 spiro atoms. The van der Waals surface area contributed by atoms with Crippen LogP contribution in [0, 0.1) is 5.92 Å². The van der Waals surface area contributed by atoms with Crippen LogP contribution in [0.2, 0.25) is 0 Å². The highest BCUT2D eigenvalue weighted by atomic mass is 16.2. The van der Waals surface area contributed by atoms with E-state index in [1.54, 1.807) is 16.8 Å². The maximum atomic E-state index is 13.0. The van der Waals surface area contributed by atoms with Crippen LogP contribution >= 0.6 is 0 Å². The maximum Gasteiger partial charge on any atom is 0.315 e. The van der Waals surface area contributed by atoms with E-state index >= 15 is 0 Å². The number of hydrogen-bond donors (Lipinski definition) is 2. The number of rotatable bonds is 6. The number of pyridine rings is 1. The molecule has 8 nitrogen and oxygen atoms in total. The van der Waals surface area contributed by atoms with Gasteiger partial charge in [0.25, 0.3) is 5.56 Å². The molecule has 0 radical (unpaired) electrons. The number of urea groups is 1. The molecule has 28 heavy (non-hydrogen) atoms. The predicted octanol–water partition coefficient (Wildman–Crippen LogP) is 1.90. The van der Waals surface area contributed by atoms with Gasteiger partial charge >= 0.3 is 6.03 Å². The fourth-order valence-electron chi connectivity index (χ4n) is 3.34. The molecular weight excluding hydrogens is 356 g/mol. The highest BCUT2D eigenvalue weighted by molar-refractivity contribution is 5.74. The first kappa shape index (κ1) is 19.9. The fourth-order valence-corrected chi connectivity index (χ4v) is 3.34. The number of fused-ring (bicyclic) bond motifs is 1. The Labute approximate surface area is 164 Å². The summed E-state index contributed by atoms with van der Waals surface area (Å²) in [4.78, 5) is 35.8. The van der Waals surface area contributed by atoms with Crippen molar-refractivity contribution in [2.75, 3.05) is 24.5 Å². The molecule has 1 fully saturated rings. The van der Waals surface area contributed by atoms with Crippen molar-refractivity contribution in [3.63, 3.8) is 0 Å². The molecule has 1 saturated heterocycles. The van der Waals surface area contributed by atoms with Gasteiger partial charge in [0.2, 0.25) is 0 Å². The van der Waals surface area contributed by atoms with Gasteiger partial charge in [0.05, 0.1) is 0 Å². The van der Waals surface area contributed by atoms with Crippen LogP contribution < -0.4 is 21.1 Å². The Kier molecular flexibility index (Phi) is 6.28. The molecule has 2 N–H and O–H groups in total. The van der Waals surface area contributed by atoms with E-state index in [-0.39, 0.29) is 17.6 Å². The average molecular weight is 384 g/mol. The van der Waals surface area contributed by atoms with Gasteiger partial charge in [0.1, 0.15) is 5.52 Å². The van der Waals surface area contributed by atoms with Gasteiger partial charge in [-0.05, 0) is 30.9 Å². The largest absolute Gasteiger partial charge is 0.352 e. The molecule has 0 unspecified atom stereocenters. The van der Waals surface area contributed by atoms with Crippen LogP contribution in [0.5, 0.6) is 0 Å². The number of aromatic nitrogens is 3. The molecule has 3 rings (SSSR count). The van der Waals surface area contributed by atoms with E-state index in [1.807, 2.05) is 17.0 Å². The van der Waals surface area contributed by atoms with Crippen molar-refractivity contribution in [3.8, 4) is 0 Å². The van der Waals surface area contributed by atoms with Crippen LogP contribution in [0.4, 0.5) is 10.6 Å². The van der Waals surface area contributed by atoms with E-state index in [1.165, 1.54) is 0 Å². The summed E-state index contributed by atoms with van der Waals surface area (Å²) in [6.07, 6.45) is 4.88. The summed E-state index contributed by atoms with van der Waals surface area (Å²) in [6.45, 7) is 10.2. The molecule has 0 bridgehead atoms. The molecule has 150 valence electrons. The van der Waals surface area contributed by atoms with E-state index in [2.05, 4.69) is 41.0 Å². The van der Waals surface area contributed by atoms with Crippen molar-refractivity contribution in [3.05, 3.63) is 41.3 Å². The molecule has 0 aromatic carbocycles. The lowest BCUT2D eigenvalue weighted by Crippen LogP contribution is -2.49. The monoisotopic (exact) mass is 384 g/mol. The van der Waals surface area contributed by atoms with Crippen molar-refractivity contribution < 1.29 is 4.79 Å². The molecule has 2 aromatic heterocycles. The van der Waals surface area contributed by atoms with Crippen molar-refractivity contribution in [2.45, 2.75) is 39.3 Å². The SMILES string of the molecule is C=CCn1c(=O)c(N2CCC(NC(=O)NCC(C)C)CC2)nc2cccnc21. The van der Waals surface area contributed by atoms with Gasteiger partial charge in [-0.15, -0.1) is 6.58 Å². The molecule has 0 saturated carbocycles. The first-order valence-electron chi connectivity index (χ1n) is 9.75. The molecule has 2 amide bonds. The zero-order chi connectivity index (χ0) is 20.1. The molecule has 1 aliphatic rings. The lowest BCUT2D eigenvalue weighted by Gasteiger charge is -2.33. The molecular formula is C20H28N6O2. The summed E-state index contributed by atoms with van der Waals surface area (Å²) in [5.41, 5.74) is 1.09. The summed E-state index contributed by atoms with van der Waals surface area (Å²) >= 11 is 0. The number of piperidine rings is 1. The van der Waals surface area contributed by atoms with Gasteiger partial charge in [0.15, 0.2) is 11.5 Å². The van der Waals surface area contributed by atoms with E-state index in [4.69, 9.17) is 0 Å². The van der Waals surface area contributed by atoms with Crippen molar-refractivity contribution >= 4 is 23.0 Å². The Bertz CT molecular complexity index is 899. The van der Waals surface area contributed by atoms with Gasteiger partial charge in [-0.25, -0.2) is 14.8 Å². The zero-order valence-corrected chi connectivity index (χ0v) is 16.5. The van der Waals surface area contributed by atoms with Crippen LogP contribution in [0.25, 0.3) is 11.2 Å². The minimum Gasteiger partial charge on any atom is -0.352 e. The second kappa shape index (κ2) is 8.86. The van der Waals surface area contributed by atoms with E-state index in [0.29, 0.717) is 49.1 Å². The number of amides is 2. The molecule has 2 aromatic rings. The van der Waals surface area contributed by atoms with Gasteiger partial charge < -0.3 is 15.5 Å². The summed E-state index contributed by atoms with van der Waals surface area (Å²) in [7, 11) is 0. The smallest absolute Gasteiger partial charge is 0.315 e. The molecule has 3 heterocycles. The van der Waals surface area contributed by atoms with Gasteiger partial charge in [-0.1, -0.05) is 19.9 Å². The number of carbonyl (C=O) groups is 1. The highest BCUT2D eigenvalue weighted by Gasteiger charge is 2.24. The standard InChI is InChI=1S/C20H28N6O2/c1-4-10-26-17-16(6-5-9-21-17)24-18(19(26)27)25-11-7-15(8-12-25)23-20(28)22-13-14(2)3/h4-6,9,14-15H,1,7-8,10-13H2,2-3H3,(H2,22,23,28). The Hall–Kier alpha value is -2.90. The van der Waals surface area contributed by atoms with E-state index < -0.39 is 0 Å². The minimum absolute atomic E-state index is 0.0981. The zero-order valence-electron chi connectivity index (χ0n) is 16.5. The van der Waals surface area contributed by atoms with Crippen molar-refractivity contribution in [1.29, 1.82) is 0 Å². The lowest BCUT2D eigenvalue weighted by molar-refractivity contribution is 0.233. The molecule has 0 aliphatic carbocycles. The number of hydrogen-bond acceptors (Lipinski definition) is 5. The third kappa shape index (κ3) is 4.49. The number of allylic oxidation sites excluding steroid dienone is 1. The normalized spacial score (nSPS) is 15.0. The third-order valence-electron chi connectivity index (χ3n) is 4.80. The van der Waals surface area contributed by atoms with E-state index in [9.17, 15) is 9.59 Å². The number of nitrogens with zero attached hydrogens (tertiary/aromatic N) is 4. The lowest BCUT2D eigenvalue weighted by atomic mass is 10.1. The summed E-state index contributed by atoms with van der Waals surface area (Å²) in [5.74, 6) is 0.851. The second-order valence-electron chi connectivity index (χ2n) is 7.50. The van der Waals surface area contributed by atoms with Crippen LogP contribution in [-0.2, 0) is 6.54 Å².